The number of halogens is 2. The molecule has 2 aromatic heterocycles. The Morgan fingerprint density at radius 1 is 1.03 bits per heavy atom. The lowest BCUT2D eigenvalue weighted by atomic mass is 10.0. The lowest BCUT2D eigenvalue weighted by Gasteiger charge is -2.21. The lowest BCUT2D eigenvalue weighted by Crippen LogP contribution is -2.24. The molecule has 1 N–H and O–H groups in total. The molecule has 1 aliphatic rings. The molecule has 1 saturated heterocycles. The van der Waals surface area contributed by atoms with Crippen molar-refractivity contribution in [2.24, 2.45) is 0 Å². The van der Waals surface area contributed by atoms with E-state index in [-0.39, 0.29) is 6.04 Å². The van der Waals surface area contributed by atoms with Gasteiger partial charge in [-0.3, -0.25) is 0 Å². The molecule has 5 rings (SSSR count). The van der Waals surface area contributed by atoms with Gasteiger partial charge in [-0.2, -0.15) is 5.10 Å². The van der Waals surface area contributed by atoms with E-state index in [4.69, 9.17) is 4.74 Å². The van der Waals surface area contributed by atoms with Gasteiger partial charge in [0.05, 0.1) is 23.3 Å². The number of benzene rings is 2. The number of nitrogens with zero attached hydrogens (tertiary/aromatic N) is 4. The molecule has 1 fully saturated rings. The minimum atomic E-state index is -0.884. The van der Waals surface area contributed by atoms with Crippen LogP contribution in [-0.4, -0.2) is 32.4 Å². The molecular weight excluding hydrogens is 376 g/mol. The van der Waals surface area contributed by atoms with E-state index in [0.29, 0.717) is 30.1 Å². The van der Waals surface area contributed by atoms with Gasteiger partial charge in [0.2, 0.25) is 0 Å². The zero-order chi connectivity index (χ0) is 19.8. The van der Waals surface area contributed by atoms with Crippen LogP contribution in [0, 0.1) is 11.6 Å². The first-order chi connectivity index (χ1) is 14.2. The summed E-state index contributed by atoms with van der Waals surface area (Å²) >= 11 is 0. The summed E-state index contributed by atoms with van der Waals surface area (Å²) < 4.78 is 34.5. The summed E-state index contributed by atoms with van der Waals surface area (Å²) in [6.07, 6.45) is 3.50. The summed E-state index contributed by atoms with van der Waals surface area (Å²) in [5.74, 6) is -1.13. The molecule has 6 nitrogen and oxygen atoms in total. The zero-order valence-electron chi connectivity index (χ0n) is 15.3. The van der Waals surface area contributed by atoms with Crippen molar-refractivity contribution in [1.82, 2.24) is 19.7 Å². The highest BCUT2D eigenvalue weighted by molar-refractivity contribution is 5.87. The number of aromatic nitrogens is 4. The SMILES string of the molecule is Fc1ccc(C2OCCC2Nc2ncnc3c2cnn3-c2ccccc2)cc1F. The normalized spacial score (nSPS) is 19.0. The van der Waals surface area contributed by atoms with Crippen molar-refractivity contribution >= 4 is 16.9 Å². The van der Waals surface area contributed by atoms with E-state index in [1.807, 2.05) is 30.3 Å². The summed E-state index contributed by atoms with van der Waals surface area (Å²) in [6, 6.07) is 13.4. The molecule has 2 unspecified atom stereocenters. The van der Waals surface area contributed by atoms with Gasteiger partial charge in [-0.15, -0.1) is 0 Å². The maximum Gasteiger partial charge on any atom is 0.168 e. The summed E-state index contributed by atoms with van der Waals surface area (Å²) in [5.41, 5.74) is 2.16. The van der Waals surface area contributed by atoms with Crippen molar-refractivity contribution < 1.29 is 13.5 Å². The third kappa shape index (κ3) is 3.21. The topological polar surface area (TPSA) is 64.9 Å². The van der Waals surface area contributed by atoms with E-state index < -0.39 is 17.7 Å². The number of hydrogen-bond acceptors (Lipinski definition) is 5. The second-order valence-corrected chi connectivity index (χ2v) is 6.86. The van der Waals surface area contributed by atoms with Crippen LogP contribution in [0.1, 0.15) is 18.1 Å². The smallest absolute Gasteiger partial charge is 0.168 e. The lowest BCUT2D eigenvalue weighted by molar-refractivity contribution is 0.107. The first-order valence-electron chi connectivity index (χ1n) is 9.28. The van der Waals surface area contributed by atoms with Crippen LogP contribution in [0.2, 0.25) is 0 Å². The number of fused-ring (bicyclic) bond motifs is 1. The minimum Gasteiger partial charge on any atom is -0.371 e. The molecule has 0 bridgehead atoms. The molecule has 0 radical (unpaired) electrons. The predicted molar refractivity (Wildman–Crippen MR) is 104 cm³/mol. The molecule has 2 aromatic carbocycles. The number of ether oxygens (including phenoxy) is 1. The van der Waals surface area contributed by atoms with Gasteiger partial charge in [-0.05, 0) is 36.2 Å². The molecule has 0 amide bonds. The van der Waals surface area contributed by atoms with E-state index in [1.165, 1.54) is 12.4 Å². The molecule has 1 aliphatic heterocycles. The highest BCUT2D eigenvalue weighted by Gasteiger charge is 2.31. The van der Waals surface area contributed by atoms with Crippen LogP contribution in [0.15, 0.2) is 61.1 Å². The Balaban J connectivity index is 1.47. The number of nitrogens with one attached hydrogen (secondary N) is 1. The number of para-hydroxylation sites is 1. The highest BCUT2D eigenvalue weighted by Crippen LogP contribution is 2.33. The van der Waals surface area contributed by atoms with Gasteiger partial charge in [0.1, 0.15) is 18.2 Å². The van der Waals surface area contributed by atoms with Gasteiger partial charge in [-0.1, -0.05) is 24.3 Å². The van der Waals surface area contributed by atoms with Crippen LogP contribution in [0.25, 0.3) is 16.7 Å². The van der Waals surface area contributed by atoms with Crippen LogP contribution in [0.5, 0.6) is 0 Å². The molecule has 0 spiro atoms. The fourth-order valence-corrected chi connectivity index (χ4v) is 3.65. The molecule has 2 atom stereocenters. The van der Waals surface area contributed by atoms with Crippen molar-refractivity contribution in [1.29, 1.82) is 0 Å². The molecular formula is C21H17F2N5O. The van der Waals surface area contributed by atoms with Crippen molar-refractivity contribution in [3.63, 3.8) is 0 Å². The van der Waals surface area contributed by atoms with Crippen molar-refractivity contribution in [2.75, 3.05) is 11.9 Å². The van der Waals surface area contributed by atoms with Crippen molar-refractivity contribution in [2.45, 2.75) is 18.6 Å². The van der Waals surface area contributed by atoms with Crippen LogP contribution in [0.4, 0.5) is 14.6 Å². The highest BCUT2D eigenvalue weighted by atomic mass is 19.2. The third-order valence-electron chi connectivity index (χ3n) is 5.05. The molecule has 29 heavy (non-hydrogen) atoms. The van der Waals surface area contributed by atoms with Gasteiger partial charge in [0.15, 0.2) is 17.3 Å². The number of hydrogen-bond donors (Lipinski definition) is 1. The zero-order valence-corrected chi connectivity index (χ0v) is 15.3. The summed E-state index contributed by atoms with van der Waals surface area (Å²) in [6.45, 7) is 0.513. The molecule has 0 aliphatic carbocycles. The standard InChI is InChI=1S/C21H17F2N5O/c22-16-7-6-13(10-17(16)23)19-18(8-9-29-19)27-20-15-11-26-28(21(15)25-12-24-20)14-4-2-1-3-5-14/h1-7,10-12,18-19H,8-9H2,(H,24,25,27). The number of rotatable bonds is 4. The summed E-state index contributed by atoms with van der Waals surface area (Å²) in [7, 11) is 0. The Hall–Kier alpha value is -3.39. The molecule has 146 valence electrons. The van der Waals surface area contributed by atoms with Gasteiger partial charge in [-0.25, -0.2) is 23.4 Å². The third-order valence-corrected chi connectivity index (χ3v) is 5.05. The Morgan fingerprint density at radius 3 is 2.72 bits per heavy atom. The fourth-order valence-electron chi connectivity index (χ4n) is 3.65. The summed E-state index contributed by atoms with van der Waals surface area (Å²) in [4.78, 5) is 8.75. The van der Waals surface area contributed by atoms with E-state index in [0.717, 1.165) is 17.1 Å². The summed E-state index contributed by atoms with van der Waals surface area (Å²) in [5, 5.41) is 8.61. The van der Waals surface area contributed by atoms with Crippen LogP contribution >= 0.6 is 0 Å². The monoisotopic (exact) mass is 393 g/mol. The average molecular weight is 393 g/mol. The fraction of sp³-hybridized carbons (Fsp3) is 0.190. The Morgan fingerprint density at radius 2 is 1.90 bits per heavy atom. The second-order valence-electron chi connectivity index (χ2n) is 6.86. The first-order valence-corrected chi connectivity index (χ1v) is 9.28. The van der Waals surface area contributed by atoms with E-state index >= 15 is 0 Å². The van der Waals surface area contributed by atoms with Crippen molar-refractivity contribution in [3.05, 3.63) is 78.3 Å². The number of anilines is 1. The Kier molecular flexibility index (Phi) is 4.40. The minimum absolute atomic E-state index is 0.141. The maximum atomic E-state index is 13.7. The quantitative estimate of drug-likeness (QED) is 0.567. The second kappa shape index (κ2) is 7.21. The maximum absolute atomic E-state index is 13.7. The molecule has 8 heteroatoms. The Bertz CT molecular complexity index is 1160. The van der Waals surface area contributed by atoms with E-state index in [9.17, 15) is 8.78 Å². The van der Waals surface area contributed by atoms with Gasteiger partial charge in [0, 0.05) is 6.61 Å². The molecule has 0 saturated carbocycles. The molecule has 3 heterocycles. The molecule has 4 aromatic rings. The predicted octanol–water partition coefficient (Wildman–Crippen LogP) is 4.04. The van der Waals surface area contributed by atoms with Crippen LogP contribution < -0.4 is 5.32 Å². The largest absolute Gasteiger partial charge is 0.371 e. The Labute approximate surface area is 165 Å². The van der Waals surface area contributed by atoms with Crippen LogP contribution in [-0.2, 0) is 4.74 Å². The first kappa shape index (κ1) is 17.7. The van der Waals surface area contributed by atoms with Gasteiger partial charge >= 0.3 is 0 Å². The van der Waals surface area contributed by atoms with E-state index in [1.54, 1.807) is 16.9 Å². The van der Waals surface area contributed by atoms with Crippen LogP contribution in [0.3, 0.4) is 0 Å². The van der Waals surface area contributed by atoms with Crippen molar-refractivity contribution in [3.8, 4) is 5.69 Å². The van der Waals surface area contributed by atoms with E-state index in [2.05, 4.69) is 20.4 Å². The van der Waals surface area contributed by atoms with Gasteiger partial charge < -0.3 is 10.1 Å². The average Bonchev–Trinajstić information content (AvgIpc) is 3.38. The van der Waals surface area contributed by atoms with Gasteiger partial charge in [0.25, 0.3) is 0 Å².